The SMILES string of the molecule is COc1ccc(COCCCC(=O)N2CCC[C@H]2c2nc3ccccc3[nH]2)cc1. The van der Waals surface area contributed by atoms with Gasteiger partial charge in [-0.25, -0.2) is 4.98 Å². The molecule has 1 aliphatic heterocycles. The van der Waals surface area contributed by atoms with Crippen molar-refractivity contribution in [2.24, 2.45) is 0 Å². The van der Waals surface area contributed by atoms with Crippen LogP contribution in [0.25, 0.3) is 11.0 Å². The molecule has 2 heterocycles. The minimum Gasteiger partial charge on any atom is -0.497 e. The normalized spacial score (nSPS) is 16.4. The molecule has 0 bridgehead atoms. The third-order valence-corrected chi connectivity index (χ3v) is 5.40. The molecular formula is C23H27N3O3. The molecule has 1 atom stereocenters. The van der Waals surface area contributed by atoms with Crippen LogP contribution < -0.4 is 4.74 Å². The summed E-state index contributed by atoms with van der Waals surface area (Å²) in [7, 11) is 1.65. The summed E-state index contributed by atoms with van der Waals surface area (Å²) in [5.74, 6) is 1.91. The van der Waals surface area contributed by atoms with E-state index in [1.807, 2.05) is 53.4 Å². The third-order valence-electron chi connectivity index (χ3n) is 5.40. The number of hydrogen-bond donors (Lipinski definition) is 1. The molecule has 0 aliphatic carbocycles. The number of rotatable bonds is 8. The van der Waals surface area contributed by atoms with E-state index >= 15 is 0 Å². The molecule has 0 saturated carbocycles. The zero-order valence-electron chi connectivity index (χ0n) is 16.8. The Hall–Kier alpha value is -2.86. The predicted octanol–water partition coefficient (Wildman–Crippen LogP) is 4.23. The summed E-state index contributed by atoms with van der Waals surface area (Å²) < 4.78 is 10.9. The topological polar surface area (TPSA) is 67.5 Å². The van der Waals surface area contributed by atoms with Gasteiger partial charge in [-0.2, -0.15) is 0 Å². The molecule has 29 heavy (non-hydrogen) atoms. The van der Waals surface area contributed by atoms with Crippen molar-refractivity contribution in [1.29, 1.82) is 0 Å². The van der Waals surface area contributed by atoms with Crippen LogP contribution in [0.2, 0.25) is 0 Å². The van der Waals surface area contributed by atoms with E-state index in [9.17, 15) is 4.79 Å². The van der Waals surface area contributed by atoms with Crippen molar-refractivity contribution < 1.29 is 14.3 Å². The van der Waals surface area contributed by atoms with Crippen molar-refractivity contribution in [2.75, 3.05) is 20.3 Å². The number of H-pyrrole nitrogens is 1. The summed E-state index contributed by atoms with van der Waals surface area (Å²) in [6.45, 7) is 1.91. The van der Waals surface area contributed by atoms with Crippen LogP contribution in [0.4, 0.5) is 0 Å². The maximum atomic E-state index is 12.8. The second-order valence-electron chi connectivity index (χ2n) is 7.39. The number of hydrogen-bond acceptors (Lipinski definition) is 4. The fraction of sp³-hybridized carbons (Fsp3) is 0.391. The summed E-state index contributed by atoms with van der Waals surface area (Å²) in [6, 6.07) is 15.9. The number of benzene rings is 2. The van der Waals surface area contributed by atoms with Crippen molar-refractivity contribution in [3.05, 3.63) is 59.9 Å². The molecule has 1 aromatic heterocycles. The molecule has 2 aromatic carbocycles. The highest BCUT2D eigenvalue weighted by atomic mass is 16.5. The van der Waals surface area contributed by atoms with E-state index in [4.69, 9.17) is 14.5 Å². The van der Waals surface area contributed by atoms with Crippen LogP contribution in [0.5, 0.6) is 5.75 Å². The molecule has 1 aliphatic rings. The van der Waals surface area contributed by atoms with Gasteiger partial charge >= 0.3 is 0 Å². The Morgan fingerprint density at radius 2 is 2.03 bits per heavy atom. The van der Waals surface area contributed by atoms with Gasteiger partial charge in [0.05, 0.1) is 30.8 Å². The highest BCUT2D eigenvalue weighted by Gasteiger charge is 2.31. The van der Waals surface area contributed by atoms with Crippen molar-refractivity contribution >= 4 is 16.9 Å². The van der Waals surface area contributed by atoms with Gasteiger partial charge in [0.2, 0.25) is 5.91 Å². The molecule has 0 unspecified atom stereocenters. The zero-order valence-corrected chi connectivity index (χ0v) is 16.8. The van der Waals surface area contributed by atoms with Crippen molar-refractivity contribution in [2.45, 2.75) is 38.3 Å². The Morgan fingerprint density at radius 1 is 1.21 bits per heavy atom. The average molecular weight is 393 g/mol. The summed E-state index contributed by atoms with van der Waals surface area (Å²) in [6.07, 6.45) is 3.19. The molecule has 1 N–H and O–H groups in total. The summed E-state index contributed by atoms with van der Waals surface area (Å²) in [4.78, 5) is 22.8. The highest BCUT2D eigenvalue weighted by Crippen LogP contribution is 2.32. The Balaban J connectivity index is 1.25. The number of methoxy groups -OCH3 is 1. The number of carbonyl (C=O) groups is 1. The van der Waals surface area contributed by atoms with E-state index in [1.165, 1.54) is 0 Å². The van der Waals surface area contributed by atoms with Gasteiger partial charge in [-0.15, -0.1) is 0 Å². The number of imidazole rings is 1. The van der Waals surface area contributed by atoms with Crippen LogP contribution in [-0.2, 0) is 16.1 Å². The summed E-state index contributed by atoms with van der Waals surface area (Å²) in [5.41, 5.74) is 3.07. The second kappa shape index (κ2) is 9.09. The van der Waals surface area contributed by atoms with Gasteiger partial charge in [0.1, 0.15) is 11.6 Å². The van der Waals surface area contributed by atoms with Crippen LogP contribution >= 0.6 is 0 Å². The fourth-order valence-corrected chi connectivity index (χ4v) is 3.86. The lowest BCUT2D eigenvalue weighted by molar-refractivity contribution is -0.132. The molecular weight excluding hydrogens is 366 g/mol. The van der Waals surface area contributed by atoms with E-state index in [1.54, 1.807) is 7.11 Å². The van der Waals surface area contributed by atoms with Crippen LogP contribution in [-0.4, -0.2) is 41.0 Å². The maximum absolute atomic E-state index is 12.8. The van der Waals surface area contributed by atoms with E-state index in [0.29, 0.717) is 19.6 Å². The van der Waals surface area contributed by atoms with Crippen molar-refractivity contribution in [3.8, 4) is 5.75 Å². The average Bonchev–Trinajstić information content (AvgIpc) is 3.40. The monoisotopic (exact) mass is 393 g/mol. The first kappa shape index (κ1) is 19.5. The van der Waals surface area contributed by atoms with Gasteiger partial charge in [0.15, 0.2) is 0 Å². The molecule has 1 fully saturated rings. The van der Waals surface area contributed by atoms with Gasteiger partial charge < -0.3 is 19.4 Å². The lowest BCUT2D eigenvalue weighted by Crippen LogP contribution is -2.31. The van der Waals surface area contributed by atoms with Gasteiger partial charge in [-0.05, 0) is 49.1 Å². The first-order chi connectivity index (χ1) is 14.2. The standard InChI is InChI=1S/C23H27N3O3/c1-28-18-12-10-17(11-13-18)16-29-15-5-9-22(27)26-14-4-8-21(26)23-24-19-6-2-3-7-20(19)25-23/h2-3,6-7,10-13,21H,4-5,8-9,14-16H2,1H3,(H,24,25)/t21-/m0/s1. The van der Waals surface area contributed by atoms with Crippen LogP contribution in [0.1, 0.15) is 43.1 Å². The van der Waals surface area contributed by atoms with E-state index in [2.05, 4.69) is 4.98 Å². The largest absolute Gasteiger partial charge is 0.497 e. The van der Waals surface area contributed by atoms with E-state index < -0.39 is 0 Å². The number of nitrogens with one attached hydrogen (secondary N) is 1. The number of aromatic amines is 1. The zero-order chi connectivity index (χ0) is 20.1. The first-order valence-corrected chi connectivity index (χ1v) is 10.2. The molecule has 1 saturated heterocycles. The smallest absolute Gasteiger partial charge is 0.223 e. The van der Waals surface area contributed by atoms with Crippen LogP contribution in [0.3, 0.4) is 0 Å². The van der Waals surface area contributed by atoms with Gasteiger partial charge in [-0.3, -0.25) is 4.79 Å². The van der Waals surface area contributed by atoms with Gasteiger partial charge in [0, 0.05) is 19.6 Å². The number of likely N-dealkylation sites (tertiary alicyclic amines) is 1. The molecule has 3 aromatic rings. The number of aromatic nitrogens is 2. The van der Waals surface area contributed by atoms with Gasteiger partial charge in [-0.1, -0.05) is 24.3 Å². The molecule has 1 amide bonds. The van der Waals surface area contributed by atoms with E-state index in [0.717, 1.165) is 54.0 Å². The molecule has 4 rings (SSSR count). The van der Waals surface area contributed by atoms with Crippen LogP contribution in [0.15, 0.2) is 48.5 Å². The first-order valence-electron chi connectivity index (χ1n) is 10.2. The predicted molar refractivity (Wildman–Crippen MR) is 112 cm³/mol. The minimum absolute atomic E-state index is 0.0510. The molecule has 152 valence electrons. The summed E-state index contributed by atoms with van der Waals surface area (Å²) >= 11 is 0. The Bertz CT molecular complexity index is 918. The Morgan fingerprint density at radius 3 is 2.83 bits per heavy atom. The quantitative estimate of drug-likeness (QED) is 0.582. The molecule has 0 spiro atoms. The maximum Gasteiger partial charge on any atom is 0.223 e. The number of fused-ring (bicyclic) bond motifs is 1. The van der Waals surface area contributed by atoms with Crippen molar-refractivity contribution in [3.63, 3.8) is 0 Å². The molecule has 6 heteroatoms. The lowest BCUT2D eigenvalue weighted by Gasteiger charge is -2.23. The number of carbonyl (C=O) groups excluding carboxylic acids is 1. The summed E-state index contributed by atoms with van der Waals surface area (Å²) in [5, 5.41) is 0. The van der Waals surface area contributed by atoms with Crippen molar-refractivity contribution in [1.82, 2.24) is 14.9 Å². The molecule has 0 radical (unpaired) electrons. The lowest BCUT2D eigenvalue weighted by atomic mass is 10.2. The number of nitrogens with zero attached hydrogens (tertiary/aromatic N) is 2. The van der Waals surface area contributed by atoms with Gasteiger partial charge in [0.25, 0.3) is 0 Å². The Kier molecular flexibility index (Phi) is 6.10. The highest BCUT2D eigenvalue weighted by molar-refractivity contribution is 5.78. The molecule has 6 nitrogen and oxygen atoms in total. The second-order valence-corrected chi connectivity index (χ2v) is 7.39. The minimum atomic E-state index is 0.0510. The number of para-hydroxylation sites is 2. The van der Waals surface area contributed by atoms with Crippen LogP contribution in [0, 0.1) is 0 Å². The number of ether oxygens (including phenoxy) is 2. The fourth-order valence-electron chi connectivity index (χ4n) is 3.86. The third kappa shape index (κ3) is 4.59. The van der Waals surface area contributed by atoms with E-state index in [-0.39, 0.29) is 11.9 Å². The Labute approximate surface area is 170 Å². The number of amides is 1.